The Kier molecular flexibility index (Phi) is 7.46. The molecule has 0 aliphatic rings. The van der Waals surface area contributed by atoms with E-state index in [-0.39, 0.29) is 18.9 Å². The van der Waals surface area contributed by atoms with Gasteiger partial charge in [-0.3, -0.25) is 9.59 Å². The van der Waals surface area contributed by atoms with Crippen LogP contribution in [-0.4, -0.2) is 18.5 Å². The summed E-state index contributed by atoms with van der Waals surface area (Å²) in [5.41, 5.74) is 6.30. The highest BCUT2D eigenvalue weighted by atomic mass is 16.6. The zero-order chi connectivity index (χ0) is 12.6. The van der Waals surface area contributed by atoms with Gasteiger partial charge in [0.1, 0.15) is 0 Å². The maximum atomic E-state index is 11.2. The lowest BCUT2D eigenvalue weighted by Gasteiger charge is -2.08. The van der Waals surface area contributed by atoms with Gasteiger partial charge in [-0.1, -0.05) is 18.6 Å². The van der Waals surface area contributed by atoms with Crippen LogP contribution in [-0.2, 0) is 14.3 Å². The molecule has 1 atom stereocenters. The number of ether oxygens (including phenoxy) is 1. The van der Waals surface area contributed by atoms with Crippen molar-refractivity contribution in [3.63, 3.8) is 0 Å². The Morgan fingerprint density at radius 1 is 1.31 bits per heavy atom. The highest BCUT2D eigenvalue weighted by Gasteiger charge is 2.12. The van der Waals surface area contributed by atoms with Gasteiger partial charge in [-0.2, -0.15) is 0 Å². The zero-order valence-electron chi connectivity index (χ0n) is 10.3. The lowest BCUT2D eigenvalue weighted by molar-refractivity contribution is -0.159. The van der Waals surface area contributed by atoms with Crippen molar-refractivity contribution in [2.45, 2.75) is 40.0 Å². The Morgan fingerprint density at radius 2 is 1.94 bits per heavy atom. The number of hydrogen-bond acceptors (Lipinski definition) is 4. The minimum atomic E-state index is -0.665. The van der Waals surface area contributed by atoms with Gasteiger partial charge in [-0.15, -0.1) is 0 Å². The van der Waals surface area contributed by atoms with Gasteiger partial charge in [0.25, 0.3) is 0 Å². The van der Waals surface area contributed by atoms with E-state index in [4.69, 9.17) is 5.73 Å². The van der Waals surface area contributed by atoms with E-state index in [9.17, 15) is 9.59 Å². The van der Waals surface area contributed by atoms with E-state index in [0.717, 1.165) is 12.8 Å². The van der Waals surface area contributed by atoms with E-state index in [1.165, 1.54) is 5.57 Å². The monoisotopic (exact) mass is 227 g/mol. The number of hydrogen-bond donors (Lipinski definition) is 1. The van der Waals surface area contributed by atoms with Crippen LogP contribution in [0.2, 0.25) is 0 Å². The SMILES string of the molecule is CC(C)=CCCC(C)CC(=O)OC(=O)CN. The zero-order valence-corrected chi connectivity index (χ0v) is 10.3. The van der Waals surface area contributed by atoms with Crippen LogP contribution in [0.5, 0.6) is 0 Å². The first-order valence-corrected chi connectivity index (χ1v) is 5.52. The van der Waals surface area contributed by atoms with Crippen LogP contribution in [0.15, 0.2) is 11.6 Å². The molecule has 4 nitrogen and oxygen atoms in total. The third kappa shape index (κ3) is 8.17. The molecule has 0 rings (SSSR count). The summed E-state index contributed by atoms with van der Waals surface area (Å²) in [5.74, 6) is -0.935. The van der Waals surface area contributed by atoms with Gasteiger partial charge in [0.15, 0.2) is 0 Å². The highest BCUT2D eigenvalue weighted by Crippen LogP contribution is 2.12. The smallest absolute Gasteiger partial charge is 0.327 e. The minimum absolute atomic E-state index is 0.216. The van der Waals surface area contributed by atoms with E-state index in [0.29, 0.717) is 0 Å². The molecule has 0 radical (unpaired) electrons. The van der Waals surface area contributed by atoms with Crippen molar-refractivity contribution < 1.29 is 14.3 Å². The van der Waals surface area contributed by atoms with Gasteiger partial charge >= 0.3 is 11.9 Å². The second kappa shape index (κ2) is 8.05. The standard InChI is InChI=1S/C12H21NO3/c1-9(2)5-4-6-10(3)7-11(14)16-12(15)8-13/h5,10H,4,6-8,13H2,1-3H3. The molecular weight excluding hydrogens is 206 g/mol. The van der Waals surface area contributed by atoms with Crippen molar-refractivity contribution in [1.82, 2.24) is 0 Å². The Bertz CT molecular complexity index is 267. The van der Waals surface area contributed by atoms with Gasteiger partial charge in [-0.05, 0) is 32.6 Å². The van der Waals surface area contributed by atoms with Crippen LogP contribution in [0.25, 0.3) is 0 Å². The molecule has 0 bridgehead atoms. The first-order valence-electron chi connectivity index (χ1n) is 5.52. The largest absolute Gasteiger partial charge is 0.392 e. The van der Waals surface area contributed by atoms with Crippen molar-refractivity contribution in [2.75, 3.05) is 6.54 Å². The summed E-state index contributed by atoms with van der Waals surface area (Å²) >= 11 is 0. The van der Waals surface area contributed by atoms with E-state index >= 15 is 0 Å². The quantitative estimate of drug-likeness (QED) is 0.426. The predicted octanol–water partition coefficient (Wildman–Crippen LogP) is 1.79. The second-order valence-corrected chi connectivity index (χ2v) is 4.22. The molecule has 0 spiro atoms. The van der Waals surface area contributed by atoms with E-state index < -0.39 is 11.9 Å². The Morgan fingerprint density at radius 3 is 2.44 bits per heavy atom. The van der Waals surface area contributed by atoms with Gasteiger partial charge in [0.2, 0.25) is 0 Å². The fourth-order valence-corrected chi connectivity index (χ4v) is 1.25. The summed E-state index contributed by atoms with van der Waals surface area (Å²) in [7, 11) is 0. The fourth-order valence-electron chi connectivity index (χ4n) is 1.25. The van der Waals surface area contributed by atoms with Crippen LogP contribution in [0, 0.1) is 5.92 Å². The van der Waals surface area contributed by atoms with Crippen LogP contribution >= 0.6 is 0 Å². The van der Waals surface area contributed by atoms with Crippen molar-refractivity contribution >= 4 is 11.9 Å². The van der Waals surface area contributed by atoms with Crippen LogP contribution in [0.3, 0.4) is 0 Å². The topological polar surface area (TPSA) is 69.4 Å². The van der Waals surface area contributed by atoms with Crippen molar-refractivity contribution in [2.24, 2.45) is 11.7 Å². The molecule has 0 aromatic rings. The van der Waals surface area contributed by atoms with E-state index in [1.807, 2.05) is 20.8 Å². The van der Waals surface area contributed by atoms with Crippen LogP contribution < -0.4 is 5.73 Å². The average Bonchev–Trinajstić information content (AvgIpc) is 2.16. The maximum Gasteiger partial charge on any atom is 0.327 e. The number of carbonyl (C=O) groups is 2. The minimum Gasteiger partial charge on any atom is -0.392 e. The third-order valence-electron chi connectivity index (χ3n) is 2.12. The molecule has 0 saturated carbocycles. The van der Waals surface area contributed by atoms with Crippen LogP contribution in [0.4, 0.5) is 0 Å². The number of esters is 2. The van der Waals surface area contributed by atoms with Crippen molar-refractivity contribution in [3.05, 3.63) is 11.6 Å². The highest BCUT2D eigenvalue weighted by molar-refractivity contribution is 5.86. The molecule has 2 N–H and O–H groups in total. The number of allylic oxidation sites excluding steroid dienone is 2. The van der Waals surface area contributed by atoms with Crippen molar-refractivity contribution in [3.8, 4) is 0 Å². The summed E-state index contributed by atoms with van der Waals surface area (Å²) in [6.07, 6.45) is 4.26. The molecular formula is C12H21NO3. The number of carbonyl (C=O) groups excluding carboxylic acids is 2. The lowest BCUT2D eigenvalue weighted by atomic mass is 10.0. The Balaban J connectivity index is 3.78. The molecule has 16 heavy (non-hydrogen) atoms. The van der Waals surface area contributed by atoms with Gasteiger partial charge in [0, 0.05) is 6.42 Å². The maximum absolute atomic E-state index is 11.2. The number of rotatable bonds is 6. The molecule has 0 aromatic carbocycles. The first-order chi connectivity index (χ1) is 7.45. The Labute approximate surface area is 96.8 Å². The first kappa shape index (κ1) is 14.8. The molecule has 0 heterocycles. The van der Waals surface area contributed by atoms with Gasteiger partial charge in [0.05, 0.1) is 6.54 Å². The summed E-state index contributed by atoms with van der Waals surface area (Å²) in [6.45, 7) is 5.79. The van der Waals surface area contributed by atoms with E-state index in [1.54, 1.807) is 0 Å². The predicted molar refractivity (Wildman–Crippen MR) is 62.6 cm³/mol. The molecule has 0 aromatic heterocycles. The summed E-state index contributed by atoms with van der Waals surface area (Å²) in [4.78, 5) is 21.9. The summed E-state index contributed by atoms with van der Waals surface area (Å²) in [5, 5.41) is 0. The fraction of sp³-hybridized carbons (Fsp3) is 0.667. The molecule has 0 amide bonds. The molecule has 92 valence electrons. The Hall–Kier alpha value is -1.16. The normalized spacial score (nSPS) is 11.8. The molecule has 4 heteroatoms. The molecule has 0 aliphatic heterocycles. The summed E-state index contributed by atoms with van der Waals surface area (Å²) in [6, 6.07) is 0. The molecule has 0 fully saturated rings. The second-order valence-electron chi connectivity index (χ2n) is 4.22. The number of nitrogens with two attached hydrogens (primary N) is 1. The molecule has 1 unspecified atom stereocenters. The third-order valence-corrected chi connectivity index (χ3v) is 2.12. The van der Waals surface area contributed by atoms with E-state index in [2.05, 4.69) is 10.8 Å². The summed E-state index contributed by atoms with van der Waals surface area (Å²) < 4.78 is 4.48. The average molecular weight is 227 g/mol. The molecule has 0 aliphatic carbocycles. The van der Waals surface area contributed by atoms with Crippen molar-refractivity contribution in [1.29, 1.82) is 0 Å². The van der Waals surface area contributed by atoms with Crippen LogP contribution in [0.1, 0.15) is 40.0 Å². The molecule has 0 saturated heterocycles. The van der Waals surface area contributed by atoms with Gasteiger partial charge in [-0.25, -0.2) is 0 Å². The van der Waals surface area contributed by atoms with Gasteiger partial charge < -0.3 is 10.5 Å². The lowest BCUT2D eigenvalue weighted by Crippen LogP contribution is -2.21.